The zero-order valence-corrected chi connectivity index (χ0v) is 12.3. The maximum atomic E-state index is 12.1. The Morgan fingerprint density at radius 3 is 2.26 bits per heavy atom. The van der Waals surface area contributed by atoms with Crippen LogP contribution in [0, 0.1) is 17.3 Å². The molecule has 3 nitrogen and oxygen atoms in total. The number of aliphatic imine (C=N–C) groups is 1. The summed E-state index contributed by atoms with van der Waals surface area (Å²) in [5.41, 5.74) is -0.170. The summed E-state index contributed by atoms with van der Waals surface area (Å²) in [7, 11) is 0. The van der Waals surface area contributed by atoms with Crippen molar-refractivity contribution in [2.45, 2.75) is 65.3 Å². The van der Waals surface area contributed by atoms with Gasteiger partial charge in [0.2, 0.25) is 0 Å². The zero-order valence-electron chi connectivity index (χ0n) is 12.3. The van der Waals surface area contributed by atoms with E-state index in [1.165, 1.54) is 19.3 Å². The smallest absolute Gasteiger partial charge is 0.149 e. The van der Waals surface area contributed by atoms with Gasteiger partial charge in [0.15, 0.2) is 0 Å². The van der Waals surface area contributed by atoms with Crippen LogP contribution >= 0.6 is 0 Å². The lowest BCUT2D eigenvalue weighted by Crippen LogP contribution is -2.38. The first-order valence-electron chi connectivity index (χ1n) is 7.48. The summed E-state index contributed by atoms with van der Waals surface area (Å²) in [5, 5.41) is 0. The second-order valence-corrected chi connectivity index (χ2v) is 7.06. The van der Waals surface area contributed by atoms with E-state index in [-0.39, 0.29) is 17.0 Å². The minimum absolute atomic E-state index is 0.0495. The van der Waals surface area contributed by atoms with Crippen LogP contribution in [0.5, 0.6) is 0 Å². The Kier molecular flexibility index (Phi) is 4.22. The van der Waals surface area contributed by atoms with Gasteiger partial charge in [0.05, 0.1) is 6.04 Å². The summed E-state index contributed by atoms with van der Waals surface area (Å²) in [6.07, 6.45) is 7.45. The van der Waals surface area contributed by atoms with Gasteiger partial charge in [-0.05, 0) is 24.2 Å². The fourth-order valence-corrected chi connectivity index (χ4v) is 3.29. The average molecular weight is 263 g/mol. The molecule has 3 heteroatoms. The average Bonchev–Trinajstić information content (AvgIpc) is 2.28. The molecule has 0 spiro atoms. The number of hydrogen-bond donors (Lipinski definition) is 0. The molecular weight excluding hydrogens is 238 g/mol. The standard InChI is InChI=1S/C16H25NO2/c1-11-6-4-5-7-13(11)17-10-12-14(18)8-16(2,3)9-15(12)19/h10-13H,4-9H2,1-3H3/t11-,13-/m0/s1. The van der Waals surface area contributed by atoms with Gasteiger partial charge in [0, 0.05) is 19.1 Å². The number of carbonyl (C=O) groups excluding carboxylic acids is 2. The summed E-state index contributed by atoms with van der Waals surface area (Å²) < 4.78 is 0. The van der Waals surface area contributed by atoms with Crippen molar-refractivity contribution in [2.75, 3.05) is 0 Å². The normalized spacial score (nSPS) is 33.0. The van der Waals surface area contributed by atoms with E-state index in [4.69, 9.17) is 0 Å². The largest absolute Gasteiger partial charge is 0.298 e. The lowest BCUT2D eigenvalue weighted by molar-refractivity contribution is -0.136. The van der Waals surface area contributed by atoms with Crippen molar-refractivity contribution in [1.29, 1.82) is 0 Å². The lowest BCUT2D eigenvalue weighted by atomic mass is 9.72. The summed E-state index contributed by atoms with van der Waals surface area (Å²) in [5.74, 6) is 0.110. The zero-order chi connectivity index (χ0) is 14.0. The monoisotopic (exact) mass is 263 g/mol. The minimum Gasteiger partial charge on any atom is -0.298 e. The molecule has 0 amide bonds. The molecule has 106 valence electrons. The van der Waals surface area contributed by atoms with Crippen molar-refractivity contribution in [3.8, 4) is 0 Å². The van der Waals surface area contributed by atoms with Crippen LogP contribution in [-0.4, -0.2) is 23.8 Å². The van der Waals surface area contributed by atoms with Crippen LogP contribution in [0.2, 0.25) is 0 Å². The van der Waals surface area contributed by atoms with Crippen molar-refractivity contribution in [2.24, 2.45) is 22.2 Å². The van der Waals surface area contributed by atoms with Crippen LogP contribution in [0.4, 0.5) is 0 Å². The molecule has 2 saturated carbocycles. The SMILES string of the molecule is C[C@H]1CCCC[C@@H]1N=CC1C(=O)CC(C)(C)CC1=O. The molecule has 19 heavy (non-hydrogen) atoms. The molecule has 0 aromatic heterocycles. The molecule has 0 aromatic rings. The van der Waals surface area contributed by atoms with E-state index in [1.807, 2.05) is 13.8 Å². The van der Waals surface area contributed by atoms with E-state index in [0.29, 0.717) is 24.8 Å². The maximum Gasteiger partial charge on any atom is 0.149 e. The van der Waals surface area contributed by atoms with E-state index in [2.05, 4.69) is 11.9 Å². The van der Waals surface area contributed by atoms with Gasteiger partial charge in [0.25, 0.3) is 0 Å². The molecule has 2 aliphatic rings. The topological polar surface area (TPSA) is 46.5 Å². The quantitative estimate of drug-likeness (QED) is 0.567. The van der Waals surface area contributed by atoms with E-state index in [9.17, 15) is 9.59 Å². The Morgan fingerprint density at radius 1 is 1.11 bits per heavy atom. The van der Waals surface area contributed by atoms with Crippen molar-refractivity contribution in [1.82, 2.24) is 0 Å². The highest BCUT2D eigenvalue weighted by Gasteiger charge is 2.38. The van der Waals surface area contributed by atoms with E-state index < -0.39 is 5.92 Å². The molecule has 0 N–H and O–H groups in total. The van der Waals surface area contributed by atoms with Crippen LogP contribution < -0.4 is 0 Å². The van der Waals surface area contributed by atoms with Gasteiger partial charge < -0.3 is 0 Å². The molecule has 0 saturated heterocycles. The van der Waals surface area contributed by atoms with Crippen LogP contribution in [0.25, 0.3) is 0 Å². The third-order valence-electron chi connectivity index (χ3n) is 4.49. The number of hydrogen-bond acceptors (Lipinski definition) is 3. The second kappa shape index (κ2) is 5.56. The van der Waals surface area contributed by atoms with Gasteiger partial charge in [-0.15, -0.1) is 0 Å². The number of carbonyl (C=O) groups is 2. The van der Waals surface area contributed by atoms with E-state index >= 15 is 0 Å². The summed E-state index contributed by atoms with van der Waals surface area (Å²) >= 11 is 0. The number of nitrogens with zero attached hydrogens (tertiary/aromatic N) is 1. The first-order chi connectivity index (χ1) is 8.89. The maximum absolute atomic E-state index is 12.1. The van der Waals surface area contributed by atoms with Gasteiger partial charge >= 0.3 is 0 Å². The first kappa shape index (κ1) is 14.4. The Labute approximate surface area is 115 Å². The van der Waals surface area contributed by atoms with Crippen LogP contribution in [0.3, 0.4) is 0 Å². The molecule has 0 bridgehead atoms. The lowest BCUT2D eigenvalue weighted by Gasteiger charge is -2.31. The molecule has 0 unspecified atom stereocenters. The fraction of sp³-hybridized carbons (Fsp3) is 0.812. The molecule has 2 rings (SSSR count). The Hall–Kier alpha value is -0.990. The molecular formula is C16H25NO2. The summed E-state index contributed by atoms with van der Waals surface area (Å²) in [4.78, 5) is 28.7. The van der Waals surface area contributed by atoms with Crippen molar-refractivity contribution >= 4 is 17.8 Å². The van der Waals surface area contributed by atoms with Gasteiger partial charge in [-0.3, -0.25) is 14.6 Å². The van der Waals surface area contributed by atoms with Crippen LogP contribution in [0.15, 0.2) is 4.99 Å². The minimum atomic E-state index is -0.567. The Balaban J connectivity index is 2.02. The summed E-state index contributed by atoms with van der Waals surface area (Å²) in [6.45, 7) is 6.19. The second-order valence-electron chi connectivity index (χ2n) is 7.06. The molecule has 0 heterocycles. The highest BCUT2D eigenvalue weighted by Crippen LogP contribution is 2.33. The van der Waals surface area contributed by atoms with Gasteiger partial charge in [0.1, 0.15) is 17.5 Å². The molecule has 0 aromatic carbocycles. The number of ketones is 2. The highest BCUT2D eigenvalue weighted by atomic mass is 16.2. The predicted octanol–water partition coefficient (Wildman–Crippen LogP) is 3.21. The summed E-state index contributed by atoms with van der Waals surface area (Å²) in [6, 6.07) is 0.310. The molecule has 0 radical (unpaired) electrons. The van der Waals surface area contributed by atoms with Crippen LogP contribution in [0.1, 0.15) is 59.3 Å². The fourth-order valence-electron chi connectivity index (χ4n) is 3.29. The highest BCUT2D eigenvalue weighted by molar-refractivity contribution is 6.16. The van der Waals surface area contributed by atoms with Crippen LogP contribution in [-0.2, 0) is 9.59 Å². The van der Waals surface area contributed by atoms with Crippen molar-refractivity contribution in [3.05, 3.63) is 0 Å². The molecule has 2 aliphatic carbocycles. The van der Waals surface area contributed by atoms with Gasteiger partial charge in [-0.2, -0.15) is 0 Å². The Morgan fingerprint density at radius 2 is 1.68 bits per heavy atom. The van der Waals surface area contributed by atoms with Gasteiger partial charge in [-0.25, -0.2) is 0 Å². The van der Waals surface area contributed by atoms with Gasteiger partial charge in [-0.1, -0.05) is 33.6 Å². The third kappa shape index (κ3) is 3.52. The molecule has 0 aliphatic heterocycles. The third-order valence-corrected chi connectivity index (χ3v) is 4.49. The first-order valence-corrected chi connectivity index (χ1v) is 7.48. The Bertz CT molecular complexity index is 378. The number of Topliss-reactive ketones (excluding diaryl/α,β-unsaturated/α-hetero) is 2. The van der Waals surface area contributed by atoms with Crippen molar-refractivity contribution in [3.63, 3.8) is 0 Å². The molecule has 2 fully saturated rings. The predicted molar refractivity (Wildman–Crippen MR) is 76.4 cm³/mol. The van der Waals surface area contributed by atoms with E-state index in [1.54, 1.807) is 6.21 Å². The van der Waals surface area contributed by atoms with Crippen molar-refractivity contribution < 1.29 is 9.59 Å². The number of rotatable bonds is 2. The van der Waals surface area contributed by atoms with E-state index in [0.717, 1.165) is 6.42 Å². The molecule has 2 atom stereocenters.